The molecule has 2 amide bonds. The number of rotatable bonds is 9. The zero-order valence-electron chi connectivity index (χ0n) is 18.2. The van der Waals surface area contributed by atoms with Crippen LogP contribution < -0.4 is 21.7 Å². The summed E-state index contributed by atoms with van der Waals surface area (Å²) in [6.45, 7) is 4.49. The van der Waals surface area contributed by atoms with Gasteiger partial charge in [0.25, 0.3) is 0 Å². The maximum atomic E-state index is 12.8. The predicted molar refractivity (Wildman–Crippen MR) is 132 cm³/mol. The third kappa shape index (κ3) is 6.80. The van der Waals surface area contributed by atoms with Crippen molar-refractivity contribution in [3.8, 4) is 0 Å². The molecular formula is C25H28N4O2S. The molecule has 0 aliphatic carbocycles. The fraction of sp³-hybridized carbons (Fsp3) is 0.200. The Labute approximate surface area is 192 Å². The summed E-state index contributed by atoms with van der Waals surface area (Å²) in [4.78, 5) is 26.1. The lowest BCUT2D eigenvalue weighted by Gasteiger charge is -2.20. The minimum absolute atomic E-state index is 0.0490. The van der Waals surface area contributed by atoms with Crippen LogP contribution in [0.4, 0.5) is 11.4 Å². The largest absolute Gasteiger partial charge is 0.397 e. The van der Waals surface area contributed by atoms with Crippen LogP contribution in [-0.2, 0) is 16.1 Å². The Kier molecular flexibility index (Phi) is 8.19. The van der Waals surface area contributed by atoms with E-state index in [1.54, 1.807) is 29.5 Å². The summed E-state index contributed by atoms with van der Waals surface area (Å²) >= 11 is 1.65. The highest BCUT2D eigenvalue weighted by Crippen LogP contribution is 2.19. The van der Waals surface area contributed by atoms with Crippen LogP contribution in [0.3, 0.4) is 0 Å². The molecule has 1 atom stereocenters. The molecule has 0 aliphatic rings. The molecule has 5 N–H and O–H groups in total. The van der Waals surface area contributed by atoms with E-state index in [-0.39, 0.29) is 17.9 Å². The van der Waals surface area contributed by atoms with Crippen molar-refractivity contribution in [1.82, 2.24) is 10.6 Å². The van der Waals surface area contributed by atoms with Crippen LogP contribution in [0.1, 0.15) is 35.9 Å². The summed E-state index contributed by atoms with van der Waals surface area (Å²) in [5.74, 6) is -0.335. The fourth-order valence-electron chi connectivity index (χ4n) is 3.10. The van der Waals surface area contributed by atoms with Crippen LogP contribution in [0.15, 0.2) is 72.1 Å². The molecule has 2 aromatic carbocycles. The molecule has 0 fully saturated rings. The smallest absolute Gasteiger partial charge is 0.248 e. The van der Waals surface area contributed by atoms with Crippen LogP contribution >= 0.6 is 11.3 Å². The average molecular weight is 449 g/mol. The minimum atomic E-state index is -0.470. The zero-order valence-corrected chi connectivity index (χ0v) is 19.0. The van der Waals surface area contributed by atoms with E-state index in [1.165, 1.54) is 6.08 Å². The van der Waals surface area contributed by atoms with Crippen molar-refractivity contribution < 1.29 is 9.59 Å². The van der Waals surface area contributed by atoms with E-state index in [0.29, 0.717) is 17.9 Å². The maximum absolute atomic E-state index is 12.8. The van der Waals surface area contributed by atoms with Crippen LogP contribution in [0.25, 0.3) is 6.08 Å². The van der Waals surface area contributed by atoms with Gasteiger partial charge < -0.3 is 16.4 Å². The third-order valence-electron chi connectivity index (χ3n) is 4.67. The Morgan fingerprint density at radius 3 is 2.44 bits per heavy atom. The Morgan fingerprint density at radius 1 is 1.03 bits per heavy atom. The highest BCUT2D eigenvalue weighted by atomic mass is 32.1. The summed E-state index contributed by atoms with van der Waals surface area (Å²) in [6, 6.07) is 18.3. The molecule has 3 aromatic rings. The first-order valence-corrected chi connectivity index (χ1v) is 11.3. The van der Waals surface area contributed by atoms with E-state index < -0.39 is 6.04 Å². The van der Waals surface area contributed by atoms with E-state index in [2.05, 4.69) is 16.0 Å². The highest BCUT2D eigenvalue weighted by Gasteiger charge is 2.20. The van der Waals surface area contributed by atoms with Crippen molar-refractivity contribution in [2.45, 2.75) is 32.5 Å². The standard InChI is InChI=1S/C25H28N4O2S/c1-17(2)28-25(31)24(27-16-20-6-5-15-32-20)19-12-9-18(10-13-19)11-14-23(30)29-22-8-4-3-7-21(22)26/h3-15,17,24,27H,16,26H2,1-2H3,(H,28,31)(H,29,30)/b14-11+. The van der Waals surface area contributed by atoms with Gasteiger partial charge in [-0.2, -0.15) is 0 Å². The van der Waals surface area contributed by atoms with Gasteiger partial charge in [-0.05, 0) is 54.6 Å². The second-order valence-corrected chi connectivity index (χ2v) is 8.67. The van der Waals surface area contributed by atoms with Crippen molar-refractivity contribution >= 4 is 40.6 Å². The highest BCUT2D eigenvalue weighted by molar-refractivity contribution is 7.09. The predicted octanol–water partition coefficient (Wildman–Crippen LogP) is 4.34. The van der Waals surface area contributed by atoms with Gasteiger partial charge in [0, 0.05) is 23.5 Å². The average Bonchev–Trinajstić information content (AvgIpc) is 3.28. The molecule has 6 nitrogen and oxygen atoms in total. The Hall–Kier alpha value is -3.42. The molecule has 0 aliphatic heterocycles. The molecule has 0 radical (unpaired) electrons. The van der Waals surface area contributed by atoms with Gasteiger partial charge in [-0.3, -0.25) is 14.9 Å². The van der Waals surface area contributed by atoms with Crippen LogP contribution in [0, 0.1) is 0 Å². The number of amides is 2. The summed E-state index contributed by atoms with van der Waals surface area (Å²) in [5.41, 5.74) is 8.66. The molecule has 32 heavy (non-hydrogen) atoms. The monoisotopic (exact) mass is 448 g/mol. The lowest BCUT2D eigenvalue weighted by molar-refractivity contribution is -0.123. The van der Waals surface area contributed by atoms with Gasteiger partial charge in [0.05, 0.1) is 11.4 Å². The minimum Gasteiger partial charge on any atom is -0.397 e. The number of hydrogen-bond acceptors (Lipinski definition) is 5. The van der Waals surface area contributed by atoms with Crippen LogP contribution in [0.5, 0.6) is 0 Å². The van der Waals surface area contributed by atoms with Gasteiger partial charge >= 0.3 is 0 Å². The second-order valence-electron chi connectivity index (χ2n) is 7.63. The molecule has 1 heterocycles. The lowest BCUT2D eigenvalue weighted by Crippen LogP contribution is -2.40. The number of nitrogens with two attached hydrogens (primary N) is 1. The summed E-state index contributed by atoms with van der Waals surface area (Å²) < 4.78 is 0. The van der Waals surface area contributed by atoms with Gasteiger partial charge in [0.15, 0.2) is 0 Å². The number of carbonyl (C=O) groups is 2. The lowest BCUT2D eigenvalue weighted by atomic mass is 10.0. The quantitative estimate of drug-likeness (QED) is 0.289. The number of para-hydroxylation sites is 2. The van der Waals surface area contributed by atoms with Crippen molar-refractivity contribution in [2.24, 2.45) is 0 Å². The number of nitrogens with one attached hydrogen (secondary N) is 3. The van der Waals surface area contributed by atoms with Gasteiger partial charge in [-0.15, -0.1) is 11.3 Å². The van der Waals surface area contributed by atoms with Crippen molar-refractivity contribution in [3.05, 3.63) is 88.1 Å². The summed E-state index contributed by atoms with van der Waals surface area (Å²) in [7, 11) is 0. The molecule has 0 saturated heterocycles. The fourth-order valence-corrected chi connectivity index (χ4v) is 3.76. The number of benzene rings is 2. The topological polar surface area (TPSA) is 96.2 Å². The summed E-state index contributed by atoms with van der Waals surface area (Å²) in [6.07, 6.45) is 3.18. The van der Waals surface area contributed by atoms with Crippen molar-refractivity contribution in [3.63, 3.8) is 0 Å². The molecule has 166 valence electrons. The van der Waals surface area contributed by atoms with E-state index in [9.17, 15) is 9.59 Å². The number of anilines is 2. The SMILES string of the molecule is CC(C)NC(=O)C(NCc1cccs1)c1ccc(/C=C/C(=O)Nc2ccccc2N)cc1. The number of carbonyl (C=O) groups excluding carboxylic acids is 2. The number of hydrogen-bond donors (Lipinski definition) is 4. The molecule has 0 bridgehead atoms. The van der Waals surface area contributed by atoms with Gasteiger partial charge in [0.1, 0.15) is 6.04 Å². The van der Waals surface area contributed by atoms with Gasteiger partial charge in [0.2, 0.25) is 11.8 Å². The van der Waals surface area contributed by atoms with E-state index in [4.69, 9.17) is 5.73 Å². The Morgan fingerprint density at radius 2 is 1.78 bits per heavy atom. The number of nitrogen functional groups attached to an aromatic ring is 1. The zero-order chi connectivity index (χ0) is 22.9. The normalized spacial score (nSPS) is 12.1. The Bertz CT molecular complexity index is 1060. The first kappa shape index (κ1) is 23.2. The van der Waals surface area contributed by atoms with Crippen LogP contribution in [0.2, 0.25) is 0 Å². The van der Waals surface area contributed by atoms with E-state index in [0.717, 1.165) is 16.0 Å². The molecular weight excluding hydrogens is 420 g/mol. The second kappa shape index (κ2) is 11.3. The van der Waals surface area contributed by atoms with Gasteiger partial charge in [-0.1, -0.05) is 42.5 Å². The van der Waals surface area contributed by atoms with Gasteiger partial charge in [-0.25, -0.2) is 0 Å². The van der Waals surface area contributed by atoms with Crippen molar-refractivity contribution in [1.29, 1.82) is 0 Å². The summed E-state index contributed by atoms with van der Waals surface area (Å²) in [5, 5.41) is 11.1. The molecule has 0 saturated carbocycles. The van der Waals surface area contributed by atoms with E-state index >= 15 is 0 Å². The molecule has 1 unspecified atom stereocenters. The molecule has 1 aromatic heterocycles. The molecule has 0 spiro atoms. The van der Waals surface area contributed by atoms with E-state index in [1.807, 2.05) is 67.8 Å². The first-order chi connectivity index (χ1) is 15.4. The molecule has 7 heteroatoms. The number of thiophene rings is 1. The van der Waals surface area contributed by atoms with Crippen LogP contribution in [-0.4, -0.2) is 17.9 Å². The third-order valence-corrected chi connectivity index (χ3v) is 5.55. The first-order valence-electron chi connectivity index (χ1n) is 10.4. The maximum Gasteiger partial charge on any atom is 0.248 e. The molecule has 3 rings (SSSR count). The Balaban J connectivity index is 1.67. The van der Waals surface area contributed by atoms with Crippen molar-refractivity contribution in [2.75, 3.05) is 11.1 Å².